The minimum absolute atomic E-state index is 0.235. The smallest absolute Gasteiger partial charge is 0.335 e. The van der Waals surface area contributed by atoms with E-state index in [9.17, 15) is 4.79 Å². The summed E-state index contributed by atoms with van der Waals surface area (Å²) >= 11 is 0. The number of rotatable bonds is 4. The lowest BCUT2D eigenvalue weighted by atomic mass is 9.80. The van der Waals surface area contributed by atoms with Crippen molar-refractivity contribution < 1.29 is 14.6 Å². The van der Waals surface area contributed by atoms with Crippen molar-refractivity contribution in [2.75, 3.05) is 0 Å². The van der Waals surface area contributed by atoms with Crippen LogP contribution in [-0.2, 0) is 0 Å². The van der Waals surface area contributed by atoms with Crippen molar-refractivity contribution in [2.45, 2.75) is 45.6 Å². The van der Waals surface area contributed by atoms with E-state index in [1.807, 2.05) is 6.07 Å². The van der Waals surface area contributed by atoms with E-state index in [0.717, 1.165) is 24.7 Å². The van der Waals surface area contributed by atoms with Gasteiger partial charge in [0.05, 0.1) is 11.7 Å². The topological polar surface area (TPSA) is 46.5 Å². The summed E-state index contributed by atoms with van der Waals surface area (Å²) in [4.78, 5) is 10.9. The van der Waals surface area contributed by atoms with E-state index in [1.165, 1.54) is 12.8 Å². The Labute approximate surface area is 114 Å². The van der Waals surface area contributed by atoms with Gasteiger partial charge in [0.15, 0.2) is 0 Å². The molecule has 0 unspecified atom stereocenters. The van der Waals surface area contributed by atoms with Gasteiger partial charge in [0.2, 0.25) is 0 Å². The second-order valence-corrected chi connectivity index (χ2v) is 5.73. The third-order valence-corrected chi connectivity index (χ3v) is 4.05. The number of benzene rings is 1. The maximum atomic E-state index is 10.9. The molecule has 2 rings (SSSR count). The van der Waals surface area contributed by atoms with Gasteiger partial charge in [0, 0.05) is 0 Å². The summed E-state index contributed by atoms with van der Waals surface area (Å²) in [5.41, 5.74) is 0.286. The minimum atomic E-state index is -0.908. The number of ether oxygens (including phenoxy) is 1. The fourth-order valence-electron chi connectivity index (χ4n) is 2.77. The van der Waals surface area contributed by atoms with Crippen molar-refractivity contribution in [3.05, 3.63) is 29.8 Å². The Morgan fingerprint density at radius 2 is 1.95 bits per heavy atom. The van der Waals surface area contributed by atoms with Gasteiger partial charge >= 0.3 is 5.97 Å². The van der Waals surface area contributed by atoms with Crippen LogP contribution in [0.3, 0.4) is 0 Å². The molecular weight excluding hydrogens is 240 g/mol. The molecule has 1 N–H and O–H groups in total. The van der Waals surface area contributed by atoms with E-state index in [2.05, 4.69) is 13.8 Å². The molecule has 104 valence electrons. The van der Waals surface area contributed by atoms with Gasteiger partial charge in [-0.05, 0) is 55.7 Å². The quantitative estimate of drug-likeness (QED) is 0.892. The summed E-state index contributed by atoms with van der Waals surface area (Å²) in [5, 5.41) is 8.96. The fourth-order valence-corrected chi connectivity index (χ4v) is 2.77. The van der Waals surface area contributed by atoms with E-state index < -0.39 is 5.97 Å². The fraction of sp³-hybridized carbons (Fsp3) is 0.562. The predicted octanol–water partition coefficient (Wildman–Crippen LogP) is 3.98. The second-order valence-electron chi connectivity index (χ2n) is 5.73. The molecule has 0 radical (unpaired) electrons. The Bertz CT molecular complexity index is 431. The maximum absolute atomic E-state index is 10.9. The van der Waals surface area contributed by atoms with E-state index in [-0.39, 0.29) is 11.7 Å². The molecule has 1 aliphatic carbocycles. The third kappa shape index (κ3) is 3.72. The van der Waals surface area contributed by atoms with Gasteiger partial charge in [0.1, 0.15) is 5.75 Å². The van der Waals surface area contributed by atoms with E-state index in [1.54, 1.807) is 18.2 Å². The molecule has 19 heavy (non-hydrogen) atoms. The zero-order valence-electron chi connectivity index (χ0n) is 11.6. The minimum Gasteiger partial charge on any atom is -0.490 e. The lowest BCUT2D eigenvalue weighted by Crippen LogP contribution is -2.26. The largest absolute Gasteiger partial charge is 0.490 e. The van der Waals surface area contributed by atoms with E-state index in [4.69, 9.17) is 9.84 Å². The molecule has 0 saturated heterocycles. The highest BCUT2D eigenvalue weighted by Crippen LogP contribution is 2.32. The summed E-state index contributed by atoms with van der Waals surface area (Å²) < 4.78 is 5.91. The molecule has 0 bridgehead atoms. The molecule has 0 amide bonds. The number of hydrogen-bond acceptors (Lipinski definition) is 2. The van der Waals surface area contributed by atoms with Crippen molar-refractivity contribution in [2.24, 2.45) is 11.8 Å². The van der Waals surface area contributed by atoms with Crippen LogP contribution in [-0.4, -0.2) is 17.2 Å². The van der Waals surface area contributed by atoms with Gasteiger partial charge in [-0.25, -0.2) is 4.79 Å². The molecule has 1 aliphatic rings. The van der Waals surface area contributed by atoms with Gasteiger partial charge in [-0.2, -0.15) is 0 Å². The summed E-state index contributed by atoms with van der Waals surface area (Å²) in [7, 11) is 0. The molecule has 3 heteroatoms. The molecule has 1 aromatic rings. The van der Waals surface area contributed by atoms with Crippen molar-refractivity contribution >= 4 is 5.97 Å². The number of hydrogen-bond donors (Lipinski definition) is 1. The van der Waals surface area contributed by atoms with Gasteiger partial charge in [-0.3, -0.25) is 0 Å². The standard InChI is InChI=1S/C16H22O3/c1-11(2)12-6-8-14(9-7-12)19-15-5-3-4-13(10-15)16(17)18/h3-5,10-12,14H,6-9H2,1-2H3,(H,17,18). The predicted molar refractivity (Wildman–Crippen MR) is 74.6 cm³/mol. The molecule has 1 saturated carbocycles. The molecular formula is C16H22O3. The van der Waals surface area contributed by atoms with Gasteiger partial charge in [0.25, 0.3) is 0 Å². The Kier molecular flexibility index (Phi) is 4.46. The SMILES string of the molecule is CC(C)C1CCC(Oc2cccc(C(=O)O)c2)CC1. The molecule has 0 spiro atoms. The van der Waals surface area contributed by atoms with Crippen LogP contribution in [0.4, 0.5) is 0 Å². The molecule has 0 aliphatic heterocycles. The second kappa shape index (κ2) is 6.09. The van der Waals surface area contributed by atoms with Gasteiger partial charge in [-0.15, -0.1) is 0 Å². The summed E-state index contributed by atoms with van der Waals surface area (Å²) in [6.07, 6.45) is 4.79. The highest BCUT2D eigenvalue weighted by Gasteiger charge is 2.24. The van der Waals surface area contributed by atoms with Gasteiger partial charge < -0.3 is 9.84 Å². The van der Waals surface area contributed by atoms with Crippen LogP contribution in [0.1, 0.15) is 49.9 Å². The van der Waals surface area contributed by atoms with Gasteiger partial charge in [-0.1, -0.05) is 19.9 Å². The lowest BCUT2D eigenvalue weighted by Gasteiger charge is -2.31. The Morgan fingerprint density at radius 3 is 2.53 bits per heavy atom. The van der Waals surface area contributed by atoms with Crippen molar-refractivity contribution in [3.63, 3.8) is 0 Å². The molecule has 1 fully saturated rings. The normalized spacial score (nSPS) is 23.3. The number of carbonyl (C=O) groups is 1. The van der Waals surface area contributed by atoms with Crippen molar-refractivity contribution in [1.29, 1.82) is 0 Å². The monoisotopic (exact) mass is 262 g/mol. The van der Waals surface area contributed by atoms with Crippen LogP contribution in [0.25, 0.3) is 0 Å². The molecule has 0 aromatic heterocycles. The Morgan fingerprint density at radius 1 is 1.26 bits per heavy atom. The van der Waals surface area contributed by atoms with Crippen LogP contribution in [0, 0.1) is 11.8 Å². The van der Waals surface area contributed by atoms with Crippen LogP contribution in [0.5, 0.6) is 5.75 Å². The average molecular weight is 262 g/mol. The molecule has 3 nitrogen and oxygen atoms in total. The Hall–Kier alpha value is -1.51. The number of carboxylic acid groups (broad SMARTS) is 1. The maximum Gasteiger partial charge on any atom is 0.335 e. The first-order valence-electron chi connectivity index (χ1n) is 7.06. The summed E-state index contributed by atoms with van der Waals surface area (Å²) in [5.74, 6) is 1.32. The first kappa shape index (κ1) is 13.9. The number of aromatic carboxylic acids is 1. The first-order valence-corrected chi connectivity index (χ1v) is 7.06. The average Bonchev–Trinajstić information content (AvgIpc) is 2.39. The van der Waals surface area contributed by atoms with Crippen LogP contribution in [0.15, 0.2) is 24.3 Å². The molecule has 0 heterocycles. The molecule has 1 aromatic carbocycles. The third-order valence-electron chi connectivity index (χ3n) is 4.05. The molecule has 0 atom stereocenters. The highest BCUT2D eigenvalue weighted by atomic mass is 16.5. The Balaban J connectivity index is 1.92. The number of carboxylic acids is 1. The van der Waals surface area contributed by atoms with E-state index >= 15 is 0 Å². The zero-order valence-corrected chi connectivity index (χ0v) is 11.6. The van der Waals surface area contributed by atoms with Crippen molar-refractivity contribution in [3.8, 4) is 5.75 Å². The summed E-state index contributed by atoms with van der Waals surface area (Å²) in [6, 6.07) is 6.77. The lowest BCUT2D eigenvalue weighted by molar-refractivity contribution is 0.0695. The van der Waals surface area contributed by atoms with Crippen LogP contribution < -0.4 is 4.74 Å². The van der Waals surface area contributed by atoms with Crippen LogP contribution in [0.2, 0.25) is 0 Å². The highest BCUT2D eigenvalue weighted by molar-refractivity contribution is 5.87. The summed E-state index contributed by atoms with van der Waals surface area (Å²) in [6.45, 7) is 4.56. The van der Waals surface area contributed by atoms with E-state index in [0.29, 0.717) is 5.75 Å². The van der Waals surface area contributed by atoms with Crippen LogP contribution >= 0.6 is 0 Å². The zero-order chi connectivity index (χ0) is 13.8. The first-order chi connectivity index (χ1) is 9.06. The van der Waals surface area contributed by atoms with Crippen molar-refractivity contribution in [1.82, 2.24) is 0 Å².